The summed E-state index contributed by atoms with van der Waals surface area (Å²) in [5.74, 6) is 2.19. The van der Waals surface area contributed by atoms with E-state index in [-0.39, 0.29) is 6.09 Å². The molecule has 18 heavy (non-hydrogen) atoms. The number of carbonyl (C=O) groups is 1. The topological polar surface area (TPSA) is 84.0 Å². The van der Waals surface area contributed by atoms with E-state index >= 15 is 0 Å². The Balaban J connectivity index is 1.56. The molecule has 7 heteroatoms. The quantitative estimate of drug-likeness (QED) is 0.797. The number of nitrogens with one attached hydrogen (secondary N) is 1. The van der Waals surface area contributed by atoms with Crippen LogP contribution in [0.4, 0.5) is 4.79 Å². The van der Waals surface area contributed by atoms with Gasteiger partial charge in [-0.05, 0) is 43.0 Å². The van der Waals surface area contributed by atoms with Crippen molar-refractivity contribution < 1.29 is 9.53 Å². The van der Waals surface area contributed by atoms with Crippen LogP contribution >= 0.6 is 0 Å². The van der Waals surface area contributed by atoms with Crippen molar-refractivity contribution in [3.8, 4) is 0 Å². The smallest absolute Gasteiger partial charge is 0.410 e. The summed E-state index contributed by atoms with van der Waals surface area (Å²) in [6.07, 6.45) is -0.218. The maximum atomic E-state index is 11.9. The van der Waals surface area contributed by atoms with Crippen LogP contribution in [-0.2, 0) is 4.74 Å². The van der Waals surface area contributed by atoms with Crippen molar-refractivity contribution in [3.63, 3.8) is 0 Å². The van der Waals surface area contributed by atoms with Gasteiger partial charge in [-0.2, -0.15) is 0 Å². The zero-order valence-corrected chi connectivity index (χ0v) is 10.8. The van der Waals surface area contributed by atoms with Crippen molar-refractivity contribution in [1.82, 2.24) is 25.5 Å². The summed E-state index contributed by atoms with van der Waals surface area (Å²) in [4.78, 5) is 13.7. The molecular formula is C11H17N5O2. The molecule has 3 rings (SSSR count). The number of aromatic nitrogens is 4. The SMILES string of the molecule is CC(C)(C)OC(=O)N1CC2C(c3nnn[nH]3)[C@@H]2C1. The fraction of sp³-hybridized carbons (Fsp3) is 0.818. The van der Waals surface area contributed by atoms with E-state index < -0.39 is 5.60 Å². The van der Waals surface area contributed by atoms with Crippen molar-refractivity contribution in [3.05, 3.63) is 5.82 Å². The lowest BCUT2D eigenvalue weighted by atomic mass is 10.2. The summed E-state index contributed by atoms with van der Waals surface area (Å²) in [6.45, 7) is 7.12. The Morgan fingerprint density at radius 3 is 2.56 bits per heavy atom. The summed E-state index contributed by atoms with van der Waals surface area (Å²) in [5.41, 5.74) is -0.432. The van der Waals surface area contributed by atoms with Gasteiger partial charge in [-0.25, -0.2) is 9.89 Å². The summed E-state index contributed by atoms with van der Waals surface area (Å²) < 4.78 is 5.36. The van der Waals surface area contributed by atoms with E-state index in [0.29, 0.717) is 17.8 Å². The molecule has 0 bridgehead atoms. The highest BCUT2D eigenvalue weighted by molar-refractivity contribution is 5.69. The van der Waals surface area contributed by atoms with Crippen LogP contribution in [0, 0.1) is 11.8 Å². The third kappa shape index (κ3) is 1.93. The Hall–Kier alpha value is -1.66. The van der Waals surface area contributed by atoms with Gasteiger partial charge in [0.1, 0.15) is 5.60 Å². The molecule has 1 aromatic heterocycles. The minimum absolute atomic E-state index is 0.218. The number of tetrazole rings is 1. The highest BCUT2D eigenvalue weighted by Gasteiger charge is 2.59. The first-order valence-electron chi connectivity index (χ1n) is 6.17. The average Bonchev–Trinajstić information content (AvgIpc) is 2.76. The van der Waals surface area contributed by atoms with Crippen LogP contribution in [0.25, 0.3) is 0 Å². The van der Waals surface area contributed by atoms with Crippen LogP contribution < -0.4 is 0 Å². The molecule has 7 nitrogen and oxygen atoms in total. The maximum absolute atomic E-state index is 11.9. The number of piperidine rings is 1. The van der Waals surface area contributed by atoms with Crippen LogP contribution in [-0.4, -0.2) is 50.3 Å². The zero-order valence-electron chi connectivity index (χ0n) is 10.8. The van der Waals surface area contributed by atoms with Crippen molar-refractivity contribution in [2.75, 3.05) is 13.1 Å². The summed E-state index contributed by atoms with van der Waals surface area (Å²) in [5, 5.41) is 13.9. The van der Waals surface area contributed by atoms with Gasteiger partial charge >= 0.3 is 6.09 Å². The minimum Gasteiger partial charge on any atom is -0.444 e. The number of carbonyl (C=O) groups excluding carboxylic acids is 1. The highest BCUT2D eigenvalue weighted by Crippen LogP contribution is 2.57. The lowest BCUT2D eigenvalue weighted by Gasteiger charge is -2.25. The van der Waals surface area contributed by atoms with Crippen molar-refractivity contribution in [1.29, 1.82) is 0 Å². The summed E-state index contributed by atoms with van der Waals surface area (Å²) in [6, 6.07) is 0. The Kier molecular flexibility index (Phi) is 2.33. The van der Waals surface area contributed by atoms with Gasteiger partial charge in [-0.1, -0.05) is 0 Å². The molecule has 1 saturated carbocycles. The van der Waals surface area contributed by atoms with Gasteiger partial charge in [0.15, 0.2) is 5.82 Å². The van der Waals surface area contributed by atoms with Crippen LogP contribution in [0.1, 0.15) is 32.5 Å². The number of nitrogens with zero attached hydrogens (tertiary/aromatic N) is 4. The molecule has 1 amide bonds. The van der Waals surface area contributed by atoms with Crippen molar-refractivity contribution in [2.45, 2.75) is 32.3 Å². The van der Waals surface area contributed by atoms with E-state index in [1.807, 2.05) is 20.8 Å². The normalized spacial score (nSPS) is 30.2. The van der Waals surface area contributed by atoms with Crippen LogP contribution in [0.15, 0.2) is 0 Å². The second-order valence-electron chi connectivity index (χ2n) is 6.03. The van der Waals surface area contributed by atoms with Gasteiger partial charge in [0.05, 0.1) is 0 Å². The molecule has 1 N–H and O–H groups in total. The molecule has 2 fully saturated rings. The largest absolute Gasteiger partial charge is 0.444 e. The molecule has 1 saturated heterocycles. The lowest BCUT2D eigenvalue weighted by molar-refractivity contribution is 0.0270. The number of hydrogen-bond donors (Lipinski definition) is 1. The van der Waals surface area contributed by atoms with Crippen molar-refractivity contribution in [2.24, 2.45) is 11.8 Å². The molecule has 1 aliphatic heterocycles. The Labute approximate surface area is 105 Å². The predicted molar refractivity (Wildman–Crippen MR) is 61.7 cm³/mol. The van der Waals surface area contributed by atoms with Crippen LogP contribution in [0.5, 0.6) is 0 Å². The van der Waals surface area contributed by atoms with Gasteiger partial charge in [-0.15, -0.1) is 5.10 Å². The van der Waals surface area contributed by atoms with Crippen LogP contribution in [0.3, 0.4) is 0 Å². The molecule has 1 aromatic rings. The maximum Gasteiger partial charge on any atom is 0.410 e. The standard InChI is InChI=1S/C11H17N5O2/c1-11(2,3)18-10(17)16-4-6-7(5-16)8(6)9-12-14-15-13-9/h6-8H,4-5H2,1-3H3,(H,12,13,14,15)/t6-,7?,8?/m1/s1. The molecule has 2 heterocycles. The van der Waals surface area contributed by atoms with Crippen LogP contribution in [0.2, 0.25) is 0 Å². The number of hydrogen-bond acceptors (Lipinski definition) is 5. The molecule has 2 aliphatic rings. The van der Waals surface area contributed by atoms with Gasteiger partial charge < -0.3 is 9.64 Å². The fourth-order valence-electron chi connectivity index (χ4n) is 2.72. The number of ether oxygens (including phenoxy) is 1. The molecule has 98 valence electrons. The molecule has 0 radical (unpaired) electrons. The Morgan fingerprint density at radius 2 is 2.06 bits per heavy atom. The minimum atomic E-state index is -0.432. The van der Waals surface area contributed by atoms with E-state index in [2.05, 4.69) is 20.6 Å². The number of H-pyrrole nitrogens is 1. The number of fused-ring (bicyclic) bond motifs is 1. The summed E-state index contributed by atoms with van der Waals surface area (Å²) in [7, 11) is 0. The van der Waals surface area contributed by atoms with Gasteiger partial charge in [-0.3, -0.25) is 0 Å². The highest BCUT2D eigenvalue weighted by atomic mass is 16.6. The number of aromatic amines is 1. The number of rotatable bonds is 1. The number of likely N-dealkylation sites (tertiary alicyclic amines) is 1. The first kappa shape index (κ1) is 11.4. The van der Waals surface area contributed by atoms with E-state index in [9.17, 15) is 4.79 Å². The zero-order chi connectivity index (χ0) is 12.9. The molecule has 1 aliphatic carbocycles. The van der Waals surface area contributed by atoms with E-state index in [1.54, 1.807) is 4.90 Å². The van der Waals surface area contributed by atoms with Gasteiger partial charge in [0.2, 0.25) is 0 Å². The third-order valence-electron chi connectivity index (χ3n) is 3.52. The molecule has 3 atom stereocenters. The fourth-order valence-corrected chi connectivity index (χ4v) is 2.72. The van der Waals surface area contributed by atoms with E-state index in [0.717, 1.165) is 18.9 Å². The lowest BCUT2D eigenvalue weighted by Crippen LogP contribution is -2.36. The predicted octanol–water partition coefficient (Wildman–Crippen LogP) is 0.780. The molecule has 0 spiro atoms. The van der Waals surface area contributed by atoms with Gasteiger partial charge in [0.25, 0.3) is 0 Å². The third-order valence-corrected chi connectivity index (χ3v) is 3.52. The first-order chi connectivity index (χ1) is 8.46. The van der Waals surface area contributed by atoms with Crippen molar-refractivity contribution >= 4 is 6.09 Å². The van der Waals surface area contributed by atoms with E-state index in [4.69, 9.17) is 4.74 Å². The molecule has 0 aromatic carbocycles. The van der Waals surface area contributed by atoms with Gasteiger partial charge in [0, 0.05) is 19.0 Å². The second kappa shape index (κ2) is 3.66. The summed E-state index contributed by atoms with van der Waals surface area (Å²) >= 11 is 0. The Morgan fingerprint density at radius 1 is 1.39 bits per heavy atom. The first-order valence-corrected chi connectivity index (χ1v) is 6.17. The average molecular weight is 251 g/mol. The molecular weight excluding hydrogens is 234 g/mol. The monoisotopic (exact) mass is 251 g/mol. The van der Waals surface area contributed by atoms with E-state index in [1.165, 1.54) is 0 Å². The Bertz CT molecular complexity index is 440. The second-order valence-corrected chi connectivity index (χ2v) is 6.03. The number of amides is 1. The molecule has 2 unspecified atom stereocenters.